The van der Waals surface area contributed by atoms with E-state index < -0.39 is 36.7 Å². The van der Waals surface area contributed by atoms with Gasteiger partial charge in [0, 0.05) is 0 Å². The minimum Gasteiger partial charge on any atom is -0.508 e. The van der Waals surface area contributed by atoms with Gasteiger partial charge >= 0.3 is 12.1 Å². The fourth-order valence-corrected chi connectivity index (χ4v) is 3.66. The number of aryl methyl sites for hydroxylation is 1. The number of carboxylic acid groups (broad SMARTS) is 1. The molecule has 0 saturated heterocycles. The molecule has 2 atom stereocenters. The van der Waals surface area contributed by atoms with Crippen LogP contribution in [0.1, 0.15) is 34.0 Å². The number of halogens is 2. The highest BCUT2D eigenvalue weighted by Crippen LogP contribution is 2.31. The first-order valence-electron chi connectivity index (χ1n) is 10.1. The second kappa shape index (κ2) is 12.8. The van der Waals surface area contributed by atoms with Gasteiger partial charge in [0.2, 0.25) is 0 Å². The van der Waals surface area contributed by atoms with Crippen LogP contribution in [-0.2, 0) is 16.0 Å². The number of hydrogen-bond acceptors (Lipinski definition) is 6. The number of phenols is 1. The van der Waals surface area contributed by atoms with Gasteiger partial charge in [0.15, 0.2) is 0 Å². The maximum absolute atomic E-state index is 12.7. The van der Waals surface area contributed by atoms with Crippen molar-refractivity contribution in [3.63, 3.8) is 0 Å². The average Bonchev–Trinajstić information content (AvgIpc) is 2.78. The highest BCUT2D eigenvalue weighted by atomic mass is 35.5. The summed E-state index contributed by atoms with van der Waals surface area (Å²) in [7, 11) is 0. The van der Waals surface area contributed by atoms with E-state index >= 15 is 0 Å². The van der Waals surface area contributed by atoms with E-state index in [2.05, 4.69) is 21.9 Å². The van der Waals surface area contributed by atoms with Gasteiger partial charge in [-0.05, 0) is 48.2 Å². The Hall–Kier alpha value is -3.27. The summed E-state index contributed by atoms with van der Waals surface area (Å²) in [5, 5.41) is 33.7. The molecule has 9 nitrogen and oxygen atoms in total. The number of aromatic hydroxyl groups is 1. The molecule has 11 heteroatoms. The van der Waals surface area contributed by atoms with Gasteiger partial charge in [0.1, 0.15) is 18.4 Å². The molecule has 2 amide bonds. The van der Waals surface area contributed by atoms with Gasteiger partial charge in [-0.15, -0.1) is 0 Å². The zero-order valence-corrected chi connectivity index (χ0v) is 19.5. The van der Waals surface area contributed by atoms with Gasteiger partial charge in [-0.1, -0.05) is 48.0 Å². The van der Waals surface area contributed by atoms with Gasteiger partial charge in [-0.25, -0.2) is 9.59 Å². The number of amides is 2. The molecule has 2 aromatic carbocycles. The minimum absolute atomic E-state index is 0.0623. The summed E-state index contributed by atoms with van der Waals surface area (Å²) in [6.45, 7) is 2.88. The highest BCUT2D eigenvalue weighted by Gasteiger charge is 2.25. The molecule has 0 aliphatic heterocycles. The summed E-state index contributed by atoms with van der Waals surface area (Å²) in [6.07, 6.45) is 0.284. The highest BCUT2D eigenvalue weighted by molar-refractivity contribution is 6.39. The molecule has 0 spiro atoms. The quantitative estimate of drug-likeness (QED) is 0.291. The number of carboxylic acids is 1. The first kappa shape index (κ1) is 27.0. The normalized spacial score (nSPS) is 12.3. The molecule has 2 rings (SSSR count). The smallest absolute Gasteiger partial charge is 0.407 e. The van der Waals surface area contributed by atoms with Gasteiger partial charge in [0.25, 0.3) is 5.91 Å². The maximum Gasteiger partial charge on any atom is 0.407 e. The fourth-order valence-electron chi connectivity index (χ4n) is 2.99. The molecule has 5 N–H and O–H groups in total. The van der Waals surface area contributed by atoms with E-state index in [4.69, 9.17) is 23.2 Å². The number of aliphatic carboxylic acids is 1. The van der Waals surface area contributed by atoms with E-state index in [0.717, 1.165) is 5.56 Å². The third kappa shape index (κ3) is 7.95. The molecule has 0 aliphatic carbocycles. The Labute approximate surface area is 206 Å². The van der Waals surface area contributed by atoms with Crippen molar-refractivity contribution in [2.45, 2.75) is 25.0 Å². The Bertz CT molecular complexity index is 1040. The number of benzene rings is 2. The van der Waals surface area contributed by atoms with Crippen LogP contribution >= 0.6 is 23.2 Å². The summed E-state index contributed by atoms with van der Waals surface area (Å²) in [5.41, 5.74) is 1.02. The van der Waals surface area contributed by atoms with E-state index in [9.17, 15) is 29.7 Å². The summed E-state index contributed by atoms with van der Waals surface area (Å²) in [6, 6.07) is 7.90. The van der Waals surface area contributed by atoms with Crippen LogP contribution in [0, 0.1) is 0 Å². The zero-order chi connectivity index (χ0) is 25.3. The van der Waals surface area contributed by atoms with Crippen LogP contribution < -0.4 is 10.6 Å². The first-order chi connectivity index (χ1) is 16.1. The molecule has 0 radical (unpaired) electrons. The number of phenolic OH excluding ortho intramolecular Hbond substituents is 1. The van der Waals surface area contributed by atoms with Crippen molar-refractivity contribution in [1.82, 2.24) is 10.6 Å². The molecule has 0 aromatic heterocycles. The molecule has 0 saturated carbocycles. The topological polar surface area (TPSA) is 145 Å². The Morgan fingerprint density at radius 2 is 1.82 bits per heavy atom. The maximum atomic E-state index is 12.7. The van der Waals surface area contributed by atoms with Crippen molar-refractivity contribution >= 4 is 41.2 Å². The van der Waals surface area contributed by atoms with Crippen LogP contribution in [0.15, 0.2) is 49.1 Å². The number of aliphatic hydroxyl groups is 1. The Kier molecular flexibility index (Phi) is 10.2. The lowest BCUT2D eigenvalue weighted by Crippen LogP contribution is -2.48. The average molecular weight is 511 g/mol. The van der Waals surface area contributed by atoms with E-state index in [-0.39, 0.29) is 28.0 Å². The van der Waals surface area contributed by atoms with Gasteiger partial charge in [-0.2, -0.15) is 0 Å². The van der Waals surface area contributed by atoms with E-state index in [0.29, 0.717) is 18.4 Å². The lowest BCUT2D eigenvalue weighted by atomic mass is 10.00. The monoisotopic (exact) mass is 510 g/mol. The second-order valence-electron chi connectivity index (χ2n) is 7.22. The van der Waals surface area contributed by atoms with Crippen molar-refractivity contribution in [3.05, 3.63) is 75.8 Å². The number of carbonyl (C=O) groups is 3. The third-order valence-electron chi connectivity index (χ3n) is 4.68. The summed E-state index contributed by atoms with van der Waals surface area (Å²) < 4.78 is 4.69. The van der Waals surface area contributed by atoms with Crippen LogP contribution in [0.2, 0.25) is 10.0 Å². The largest absolute Gasteiger partial charge is 0.508 e. The Morgan fingerprint density at radius 3 is 2.41 bits per heavy atom. The molecule has 182 valence electrons. The van der Waals surface area contributed by atoms with Crippen molar-refractivity contribution in [2.24, 2.45) is 0 Å². The van der Waals surface area contributed by atoms with Crippen molar-refractivity contribution < 1.29 is 34.4 Å². The predicted molar refractivity (Wildman–Crippen MR) is 126 cm³/mol. The van der Waals surface area contributed by atoms with Gasteiger partial charge in [-0.3, -0.25) is 4.79 Å². The van der Waals surface area contributed by atoms with Crippen LogP contribution in [-0.4, -0.2) is 52.5 Å². The summed E-state index contributed by atoms with van der Waals surface area (Å²) in [4.78, 5) is 35.6. The summed E-state index contributed by atoms with van der Waals surface area (Å²) in [5.74, 6) is -2.15. The minimum atomic E-state index is -1.48. The number of ether oxygens (including phenoxy) is 1. The Balaban J connectivity index is 2.06. The molecular formula is C23H24Cl2N2O7. The third-order valence-corrected chi connectivity index (χ3v) is 5.28. The van der Waals surface area contributed by atoms with Crippen LogP contribution in [0.3, 0.4) is 0 Å². The number of carbonyl (C=O) groups excluding carboxylic acids is 2. The first-order valence-corrected chi connectivity index (χ1v) is 10.9. The number of rotatable bonds is 11. The van der Waals surface area contributed by atoms with Gasteiger partial charge in [0.05, 0.1) is 28.3 Å². The molecule has 2 aromatic rings. The molecule has 1 unspecified atom stereocenters. The second-order valence-corrected chi connectivity index (χ2v) is 8.03. The van der Waals surface area contributed by atoms with Crippen molar-refractivity contribution in [3.8, 4) is 5.75 Å². The molecule has 0 aliphatic rings. The van der Waals surface area contributed by atoms with Crippen molar-refractivity contribution in [1.29, 1.82) is 0 Å². The summed E-state index contributed by atoms with van der Waals surface area (Å²) >= 11 is 12.4. The van der Waals surface area contributed by atoms with Crippen molar-refractivity contribution in [2.75, 3.05) is 13.2 Å². The molecule has 34 heavy (non-hydrogen) atoms. The molecule has 0 heterocycles. The Morgan fingerprint density at radius 1 is 1.15 bits per heavy atom. The molecule has 0 bridgehead atoms. The number of alkyl carbamates (subject to hydrolysis) is 1. The number of nitrogens with one attached hydrogen (secondary N) is 2. The lowest BCUT2D eigenvalue weighted by molar-refractivity contribution is -0.139. The van der Waals surface area contributed by atoms with E-state index in [1.807, 2.05) is 6.07 Å². The van der Waals surface area contributed by atoms with Crippen LogP contribution in [0.4, 0.5) is 4.79 Å². The lowest BCUT2D eigenvalue weighted by Gasteiger charge is -2.18. The SMILES string of the molecule is C=CCOC(=O)NC[C@H](NC(=O)c1c(Cl)cc(C(O)CCc2cccc(O)c2)cc1Cl)C(=O)O. The van der Waals surface area contributed by atoms with Crippen LogP contribution in [0.5, 0.6) is 5.75 Å². The van der Waals surface area contributed by atoms with Crippen LogP contribution in [0.25, 0.3) is 0 Å². The van der Waals surface area contributed by atoms with Gasteiger partial charge < -0.3 is 30.7 Å². The number of hydrogen-bond donors (Lipinski definition) is 5. The molecule has 0 fully saturated rings. The molecular weight excluding hydrogens is 487 g/mol. The van der Waals surface area contributed by atoms with E-state index in [1.165, 1.54) is 18.2 Å². The standard InChI is InChI=1S/C23H24Cl2N2O7/c1-2-8-34-23(33)26-12-18(22(31)32)27-21(30)20-16(24)10-14(11-17(20)25)19(29)7-6-13-4-3-5-15(28)9-13/h2-5,9-11,18-19,28-29H,1,6-8,12H2,(H,26,33)(H,27,30)(H,31,32)/t18-,19?/m0/s1. The van der Waals surface area contributed by atoms with E-state index in [1.54, 1.807) is 18.2 Å². The zero-order valence-electron chi connectivity index (χ0n) is 18.0. The fraction of sp³-hybridized carbons (Fsp3) is 0.261. The number of aliphatic hydroxyl groups excluding tert-OH is 1. The predicted octanol–water partition coefficient (Wildman–Crippen LogP) is 3.46.